The summed E-state index contributed by atoms with van der Waals surface area (Å²) in [6.07, 6.45) is 0. The highest BCUT2D eigenvalue weighted by atomic mass is 35.5. The summed E-state index contributed by atoms with van der Waals surface area (Å²) in [6, 6.07) is 37.4. The van der Waals surface area contributed by atoms with Crippen LogP contribution in [0.1, 0.15) is 43.0 Å². The van der Waals surface area contributed by atoms with E-state index in [0.29, 0.717) is 32.8 Å². The van der Waals surface area contributed by atoms with Gasteiger partial charge in [0, 0.05) is 32.8 Å². The Labute approximate surface area is 288 Å². The third-order valence-electron chi connectivity index (χ3n) is 8.23. The first-order valence-corrected chi connectivity index (χ1v) is 16.1. The highest BCUT2D eigenvalue weighted by Crippen LogP contribution is 2.44. The molecule has 0 atom stereocenters. The molecule has 0 unspecified atom stereocenters. The fourth-order valence-corrected chi connectivity index (χ4v) is 6.03. The molecule has 0 aliphatic heterocycles. The van der Waals surface area contributed by atoms with E-state index < -0.39 is 0 Å². The molecule has 0 heterocycles. The van der Waals surface area contributed by atoms with E-state index in [9.17, 15) is 9.59 Å². The van der Waals surface area contributed by atoms with E-state index in [4.69, 9.17) is 23.2 Å². The maximum Gasteiger partial charge on any atom is 0.198 e. The molecule has 6 nitrogen and oxygen atoms in total. The van der Waals surface area contributed by atoms with Gasteiger partial charge in [0.25, 0.3) is 0 Å². The van der Waals surface area contributed by atoms with Crippen molar-refractivity contribution < 1.29 is 9.59 Å². The Morgan fingerprint density at radius 2 is 0.583 bits per heavy atom. The quantitative estimate of drug-likeness (QED) is 0.129. The summed E-state index contributed by atoms with van der Waals surface area (Å²) in [6.45, 7) is 4.03. The first kappa shape index (κ1) is 31.1. The summed E-state index contributed by atoms with van der Waals surface area (Å²) in [5.74, 6) is -0.587. The van der Waals surface area contributed by atoms with Gasteiger partial charge in [-0.15, -0.1) is 0 Å². The molecule has 0 bridgehead atoms. The Morgan fingerprint density at radius 1 is 0.354 bits per heavy atom. The first-order chi connectivity index (χ1) is 23.2. The summed E-state index contributed by atoms with van der Waals surface area (Å²) in [4.78, 5) is 29.9. The molecule has 0 radical (unpaired) electrons. The molecule has 8 heteroatoms. The number of carbonyl (C=O) groups excluding carboxylic acids is 2. The van der Waals surface area contributed by atoms with Crippen molar-refractivity contribution in [3.8, 4) is 0 Å². The number of hydrogen-bond acceptors (Lipinski definition) is 6. The summed E-state index contributed by atoms with van der Waals surface area (Å²) in [7, 11) is 0. The van der Waals surface area contributed by atoms with Gasteiger partial charge in [0.1, 0.15) is 0 Å². The average Bonchev–Trinajstić information content (AvgIpc) is 3.08. The second-order valence-electron chi connectivity index (χ2n) is 11.7. The zero-order valence-corrected chi connectivity index (χ0v) is 27.6. The lowest BCUT2D eigenvalue weighted by Crippen LogP contribution is -2.25. The molecule has 4 N–H and O–H groups in total. The van der Waals surface area contributed by atoms with Crippen LogP contribution in [-0.4, -0.2) is 11.6 Å². The van der Waals surface area contributed by atoms with Crippen LogP contribution in [0, 0.1) is 13.8 Å². The zero-order chi connectivity index (χ0) is 33.4. The van der Waals surface area contributed by atoms with E-state index in [1.54, 1.807) is 24.3 Å². The molecule has 0 aromatic heterocycles. The SMILES string of the molecule is Cc1ccc(Nc2ccc(Nc3ccc(C)cc3)c3c2C(=O)c2c(Nc4ccc(Cl)cc4)ccc(Nc4ccc(Cl)cc4)c2C3=O)cc1. The Kier molecular flexibility index (Phi) is 8.36. The lowest BCUT2D eigenvalue weighted by molar-refractivity contribution is 0.0981. The van der Waals surface area contributed by atoms with Gasteiger partial charge in [-0.05, 0) is 111 Å². The van der Waals surface area contributed by atoms with E-state index in [2.05, 4.69) is 21.3 Å². The molecule has 1 aliphatic carbocycles. The largest absolute Gasteiger partial charge is 0.355 e. The van der Waals surface area contributed by atoms with Crippen molar-refractivity contribution in [2.75, 3.05) is 21.3 Å². The van der Waals surface area contributed by atoms with Crippen LogP contribution in [0.5, 0.6) is 0 Å². The molecule has 0 spiro atoms. The molecule has 0 fully saturated rings. The van der Waals surface area contributed by atoms with Gasteiger partial charge in [-0.1, -0.05) is 58.6 Å². The number of fused-ring (bicyclic) bond motifs is 2. The summed E-state index contributed by atoms with van der Waals surface area (Å²) in [5, 5.41) is 14.7. The van der Waals surface area contributed by atoms with E-state index in [-0.39, 0.29) is 33.8 Å². The minimum absolute atomic E-state index is 0.265. The Hall–Kier alpha value is -5.56. The van der Waals surface area contributed by atoms with Crippen LogP contribution < -0.4 is 21.3 Å². The van der Waals surface area contributed by atoms with E-state index in [1.165, 1.54) is 0 Å². The Morgan fingerprint density at radius 3 is 0.833 bits per heavy atom. The molecule has 0 saturated heterocycles. The van der Waals surface area contributed by atoms with Crippen molar-refractivity contribution in [2.45, 2.75) is 13.8 Å². The zero-order valence-electron chi connectivity index (χ0n) is 26.1. The van der Waals surface area contributed by atoms with Crippen molar-refractivity contribution in [2.24, 2.45) is 0 Å². The van der Waals surface area contributed by atoms with Gasteiger partial charge in [0.05, 0.1) is 45.0 Å². The van der Waals surface area contributed by atoms with E-state index in [0.717, 1.165) is 33.9 Å². The average molecular weight is 670 g/mol. The topological polar surface area (TPSA) is 82.3 Å². The number of anilines is 8. The van der Waals surface area contributed by atoms with Gasteiger partial charge >= 0.3 is 0 Å². The second kappa shape index (κ2) is 12.9. The molecule has 1 aliphatic rings. The normalized spacial score (nSPS) is 11.8. The van der Waals surface area contributed by atoms with Crippen molar-refractivity contribution in [1.82, 2.24) is 0 Å². The van der Waals surface area contributed by atoms with Gasteiger partial charge in [-0.2, -0.15) is 0 Å². The lowest BCUT2D eigenvalue weighted by atomic mass is 9.80. The van der Waals surface area contributed by atoms with Gasteiger partial charge in [0.2, 0.25) is 0 Å². The predicted molar refractivity (Wildman–Crippen MR) is 198 cm³/mol. The molecule has 7 rings (SSSR count). The van der Waals surface area contributed by atoms with Gasteiger partial charge in [0.15, 0.2) is 11.6 Å². The Bertz CT molecular complexity index is 1870. The third kappa shape index (κ3) is 6.24. The smallest absolute Gasteiger partial charge is 0.198 e. The van der Waals surface area contributed by atoms with Crippen LogP contribution >= 0.6 is 23.2 Å². The lowest BCUT2D eigenvalue weighted by Gasteiger charge is -2.27. The number of carbonyl (C=O) groups is 2. The molecule has 236 valence electrons. The van der Waals surface area contributed by atoms with Gasteiger partial charge < -0.3 is 21.3 Å². The fourth-order valence-electron chi connectivity index (χ4n) is 5.78. The first-order valence-electron chi connectivity index (χ1n) is 15.4. The number of halogens is 2. The van der Waals surface area contributed by atoms with Crippen LogP contribution in [0.4, 0.5) is 45.5 Å². The number of benzene rings is 6. The third-order valence-corrected chi connectivity index (χ3v) is 8.73. The van der Waals surface area contributed by atoms with Crippen LogP contribution in [0.2, 0.25) is 10.0 Å². The highest BCUT2D eigenvalue weighted by molar-refractivity contribution is 6.35. The maximum absolute atomic E-state index is 15.0. The van der Waals surface area contributed by atoms with Crippen LogP contribution in [0.15, 0.2) is 121 Å². The summed E-state index contributed by atoms with van der Waals surface area (Å²) < 4.78 is 0. The highest BCUT2D eigenvalue weighted by Gasteiger charge is 2.38. The number of rotatable bonds is 8. The van der Waals surface area contributed by atoms with E-state index >= 15 is 0 Å². The monoisotopic (exact) mass is 668 g/mol. The fraction of sp³-hybridized carbons (Fsp3) is 0.0500. The van der Waals surface area contributed by atoms with E-state index in [1.807, 2.05) is 111 Å². The maximum atomic E-state index is 15.0. The molecular weight excluding hydrogens is 639 g/mol. The standard InChI is InChI=1S/C40H30Cl2N4O2/c1-23-3-11-27(12-4-23)43-31-19-20-32(44-28-13-5-24(2)6-14-28)36-35(31)39(47)37-33(45-29-15-7-25(41)8-16-29)21-22-34(38(37)40(36)48)46-30-17-9-26(42)10-18-30/h3-22,43-46H,1-2H3. The number of ketones is 2. The molecular formula is C40H30Cl2N4O2. The van der Waals surface area contributed by atoms with Crippen LogP contribution in [-0.2, 0) is 0 Å². The number of hydrogen-bond donors (Lipinski definition) is 4. The van der Waals surface area contributed by atoms with Gasteiger partial charge in [-0.25, -0.2) is 0 Å². The molecule has 6 aromatic carbocycles. The minimum Gasteiger partial charge on any atom is -0.355 e. The molecule has 48 heavy (non-hydrogen) atoms. The number of aryl methyl sites for hydroxylation is 2. The predicted octanol–water partition coefficient (Wildman–Crippen LogP) is 11.4. The summed E-state index contributed by atoms with van der Waals surface area (Å²) >= 11 is 12.3. The Balaban J connectivity index is 1.42. The van der Waals surface area contributed by atoms with Crippen LogP contribution in [0.3, 0.4) is 0 Å². The second-order valence-corrected chi connectivity index (χ2v) is 12.6. The van der Waals surface area contributed by atoms with Crippen molar-refractivity contribution in [3.63, 3.8) is 0 Å². The van der Waals surface area contributed by atoms with Crippen molar-refractivity contribution >= 4 is 80.3 Å². The molecule has 0 amide bonds. The summed E-state index contributed by atoms with van der Waals surface area (Å²) in [5.41, 5.74) is 8.41. The van der Waals surface area contributed by atoms with Crippen LogP contribution in [0.25, 0.3) is 0 Å². The number of nitrogens with one attached hydrogen (secondary N) is 4. The van der Waals surface area contributed by atoms with Gasteiger partial charge in [-0.3, -0.25) is 9.59 Å². The van der Waals surface area contributed by atoms with Crippen molar-refractivity contribution in [1.29, 1.82) is 0 Å². The minimum atomic E-state index is -0.294. The molecule has 0 saturated carbocycles. The van der Waals surface area contributed by atoms with Crippen molar-refractivity contribution in [3.05, 3.63) is 165 Å². The molecule has 6 aromatic rings.